The van der Waals surface area contributed by atoms with Crippen LogP contribution in [0, 0.1) is 27.7 Å². The van der Waals surface area contributed by atoms with E-state index in [-0.39, 0.29) is 18.0 Å². The van der Waals surface area contributed by atoms with Gasteiger partial charge < -0.3 is 5.32 Å². The zero-order chi connectivity index (χ0) is 18.0. The summed E-state index contributed by atoms with van der Waals surface area (Å²) in [4.78, 5) is 12.4. The van der Waals surface area contributed by atoms with E-state index in [0.717, 1.165) is 34.9 Å². The number of amides is 1. The van der Waals surface area contributed by atoms with Crippen molar-refractivity contribution in [1.29, 1.82) is 0 Å². The van der Waals surface area contributed by atoms with E-state index in [1.807, 2.05) is 50.0 Å². The Labute approximate surface area is 144 Å². The molecule has 0 aromatic carbocycles. The van der Waals surface area contributed by atoms with Gasteiger partial charge in [0.15, 0.2) is 0 Å². The number of aromatic nitrogens is 4. The van der Waals surface area contributed by atoms with Crippen LogP contribution in [0.3, 0.4) is 0 Å². The number of hydrogen-bond acceptors (Lipinski definition) is 3. The van der Waals surface area contributed by atoms with Gasteiger partial charge >= 0.3 is 0 Å². The van der Waals surface area contributed by atoms with Gasteiger partial charge in [0, 0.05) is 29.9 Å². The van der Waals surface area contributed by atoms with Crippen molar-refractivity contribution in [2.75, 3.05) is 0 Å². The molecule has 0 saturated carbocycles. The van der Waals surface area contributed by atoms with E-state index in [0.29, 0.717) is 6.42 Å². The van der Waals surface area contributed by atoms with E-state index >= 15 is 0 Å². The molecule has 0 fully saturated rings. The summed E-state index contributed by atoms with van der Waals surface area (Å²) in [6.07, 6.45) is 0.409. The molecule has 0 radical (unpaired) electrons. The molecule has 132 valence electrons. The fourth-order valence-corrected chi connectivity index (χ4v) is 3.46. The summed E-state index contributed by atoms with van der Waals surface area (Å²) in [6.45, 7) is 15.0. The number of rotatable bonds is 6. The molecule has 0 aliphatic rings. The number of nitrogens with zero attached hydrogens (tertiary/aromatic N) is 4. The smallest absolute Gasteiger partial charge is 0.222 e. The molecule has 0 spiro atoms. The second kappa shape index (κ2) is 7.20. The third kappa shape index (κ3) is 3.68. The molecule has 2 aromatic heterocycles. The average Bonchev–Trinajstić information content (AvgIpc) is 2.97. The van der Waals surface area contributed by atoms with Crippen LogP contribution in [-0.2, 0) is 11.3 Å². The summed E-state index contributed by atoms with van der Waals surface area (Å²) in [7, 11) is 0. The van der Waals surface area contributed by atoms with Gasteiger partial charge in [0.05, 0.1) is 23.5 Å². The fraction of sp³-hybridized carbons (Fsp3) is 0.611. The third-order valence-corrected chi connectivity index (χ3v) is 4.49. The molecule has 1 N–H and O–H groups in total. The van der Waals surface area contributed by atoms with Crippen LogP contribution in [0.5, 0.6) is 0 Å². The molecule has 24 heavy (non-hydrogen) atoms. The number of carbonyl (C=O) groups is 1. The molecule has 0 saturated heterocycles. The van der Waals surface area contributed by atoms with Crippen LogP contribution in [0.2, 0.25) is 0 Å². The van der Waals surface area contributed by atoms with Crippen LogP contribution in [0.4, 0.5) is 0 Å². The van der Waals surface area contributed by atoms with Gasteiger partial charge in [-0.25, -0.2) is 0 Å². The highest BCUT2D eigenvalue weighted by molar-refractivity contribution is 5.76. The first-order chi connectivity index (χ1) is 11.2. The molecule has 0 bridgehead atoms. The van der Waals surface area contributed by atoms with Gasteiger partial charge in [0.25, 0.3) is 0 Å². The number of hydrogen-bond donors (Lipinski definition) is 1. The van der Waals surface area contributed by atoms with Gasteiger partial charge in [0.1, 0.15) is 0 Å². The van der Waals surface area contributed by atoms with E-state index < -0.39 is 0 Å². The average molecular weight is 331 g/mol. The van der Waals surface area contributed by atoms with Crippen molar-refractivity contribution in [2.45, 2.75) is 73.5 Å². The Morgan fingerprint density at radius 3 is 2.38 bits per heavy atom. The topological polar surface area (TPSA) is 64.7 Å². The fourth-order valence-electron chi connectivity index (χ4n) is 3.46. The molecule has 0 aliphatic heterocycles. The molecule has 6 nitrogen and oxygen atoms in total. The predicted molar refractivity (Wildman–Crippen MR) is 95.0 cm³/mol. The molecule has 2 aromatic rings. The molecule has 0 aliphatic carbocycles. The molecule has 0 unspecified atom stereocenters. The van der Waals surface area contributed by atoms with E-state index in [4.69, 9.17) is 0 Å². The maximum Gasteiger partial charge on any atom is 0.222 e. The van der Waals surface area contributed by atoms with Crippen LogP contribution in [0.1, 0.15) is 67.6 Å². The zero-order valence-corrected chi connectivity index (χ0v) is 15.8. The van der Waals surface area contributed by atoms with Gasteiger partial charge in [0.2, 0.25) is 5.91 Å². The maximum absolute atomic E-state index is 12.4. The first kappa shape index (κ1) is 18.2. The minimum absolute atomic E-state index is 0.0330. The summed E-state index contributed by atoms with van der Waals surface area (Å²) < 4.78 is 3.90. The number of aryl methyl sites for hydroxylation is 4. The second-order valence-corrected chi connectivity index (χ2v) is 6.61. The summed E-state index contributed by atoms with van der Waals surface area (Å²) in [5.74, 6) is 0.0330. The normalized spacial score (nSPS) is 13.8. The van der Waals surface area contributed by atoms with E-state index in [9.17, 15) is 4.79 Å². The van der Waals surface area contributed by atoms with Gasteiger partial charge in [-0.15, -0.1) is 0 Å². The summed E-state index contributed by atoms with van der Waals surface area (Å²) >= 11 is 0. The van der Waals surface area contributed by atoms with Crippen molar-refractivity contribution < 1.29 is 4.79 Å². The SMILES string of the molecule is CCn1nc(C)c([C@@H](C)NC(=O)C[C@H](C)n2nc(C)cc2C)c1C. The molecule has 2 atom stereocenters. The van der Waals surface area contributed by atoms with Gasteiger partial charge in [-0.2, -0.15) is 10.2 Å². The monoisotopic (exact) mass is 331 g/mol. The minimum Gasteiger partial charge on any atom is -0.349 e. The van der Waals surface area contributed by atoms with Crippen molar-refractivity contribution in [1.82, 2.24) is 24.9 Å². The summed E-state index contributed by atoms with van der Waals surface area (Å²) in [5.41, 5.74) is 5.27. The molecule has 1 amide bonds. The third-order valence-electron chi connectivity index (χ3n) is 4.49. The Kier molecular flexibility index (Phi) is 5.47. The maximum atomic E-state index is 12.4. The largest absolute Gasteiger partial charge is 0.349 e. The lowest BCUT2D eigenvalue weighted by Gasteiger charge is -2.18. The van der Waals surface area contributed by atoms with E-state index in [1.165, 1.54) is 0 Å². The van der Waals surface area contributed by atoms with Crippen LogP contribution in [-0.4, -0.2) is 25.5 Å². The molecule has 6 heteroatoms. The molecule has 2 rings (SSSR count). The van der Waals surface area contributed by atoms with Crippen LogP contribution in [0.15, 0.2) is 6.07 Å². The quantitative estimate of drug-likeness (QED) is 0.884. The highest BCUT2D eigenvalue weighted by Crippen LogP contribution is 2.22. The van der Waals surface area contributed by atoms with E-state index in [2.05, 4.69) is 29.4 Å². The highest BCUT2D eigenvalue weighted by atomic mass is 16.1. The second-order valence-electron chi connectivity index (χ2n) is 6.61. The summed E-state index contributed by atoms with van der Waals surface area (Å²) in [6, 6.07) is 2.01. The van der Waals surface area contributed by atoms with Crippen LogP contribution < -0.4 is 5.32 Å². The Hall–Kier alpha value is -2.11. The Balaban J connectivity index is 2.04. The highest BCUT2D eigenvalue weighted by Gasteiger charge is 2.20. The predicted octanol–water partition coefficient (Wildman–Crippen LogP) is 3.16. The molecular weight excluding hydrogens is 302 g/mol. The lowest BCUT2D eigenvalue weighted by Crippen LogP contribution is -2.29. The standard InChI is InChI=1S/C18H29N5O/c1-8-22-16(7)18(15(6)21-22)14(5)19-17(24)10-13(4)23-12(3)9-11(2)20-23/h9,13-14H,8,10H2,1-7H3,(H,19,24)/t13-,14+/m0/s1. The van der Waals surface area contributed by atoms with Crippen molar-refractivity contribution in [2.24, 2.45) is 0 Å². The minimum atomic E-state index is -0.0505. The lowest BCUT2D eigenvalue weighted by atomic mass is 10.1. The molecular formula is C18H29N5O. The van der Waals surface area contributed by atoms with Gasteiger partial charge in [-0.05, 0) is 54.5 Å². The van der Waals surface area contributed by atoms with Crippen molar-refractivity contribution in [3.8, 4) is 0 Å². The zero-order valence-electron chi connectivity index (χ0n) is 15.8. The van der Waals surface area contributed by atoms with Gasteiger partial charge in [-0.1, -0.05) is 0 Å². The van der Waals surface area contributed by atoms with Crippen molar-refractivity contribution in [3.05, 3.63) is 34.4 Å². The first-order valence-electron chi connectivity index (χ1n) is 8.60. The lowest BCUT2D eigenvalue weighted by molar-refractivity contribution is -0.122. The van der Waals surface area contributed by atoms with E-state index in [1.54, 1.807) is 0 Å². The van der Waals surface area contributed by atoms with Crippen LogP contribution >= 0.6 is 0 Å². The number of carbonyl (C=O) groups excluding carboxylic acids is 1. The Morgan fingerprint density at radius 1 is 1.21 bits per heavy atom. The summed E-state index contributed by atoms with van der Waals surface area (Å²) in [5, 5.41) is 12.1. The van der Waals surface area contributed by atoms with Crippen molar-refractivity contribution >= 4 is 5.91 Å². The number of nitrogens with one attached hydrogen (secondary N) is 1. The van der Waals surface area contributed by atoms with Gasteiger partial charge in [-0.3, -0.25) is 14.2 Å². The first-order valence-corrected chi connectivity index (χ1v) is 8.60. The Bertz CT molecular complexity index is 728. The van der Waals surface area contributed by atoms with Crippen molar-refractivity contribution in [3.63, 3.8) is 0 Å². The van der Waals surface area contributed by atoms with Crippen LogP contribution in [0.25, 0.3) is 0 Å². The molecule has 2 heterocycles. The Morgan fingerprint density at radius 2 is 1.88 bits per heavy atom.